The predicted molar refractivity (Wildman–Crippen MR) is 56.2 cm³/mol. The summed E-state index contributed by atoms with van der Waals surface area (Å²) in [6, 6.07) is 0. The van der Waals surface area contributed by atoms with E-state index in [9.17, 15) is 0 Å². The van der Waals surface area contributed by atoms with Crippen LogP contribution in [0.4, 0.5) is 0 Å². The molecule has 0 saturated heterocycles. The van der Waals surface area contributed by atoms with Crippen LogP contribution >= 0.6 is 0 Å². The van der Waals surface area contributed by atoms with Crippen LogP contribution in [0.5, 0.6) is 0 Å². The molecule has 1 aliphatic heterocycles. The summed E-state index contributed by atoms with van der Waals surface area (Å²) in [5, 5.41) is 0. The van der Waals surface area contributed by atoms with Crippen LogP contribution < -0.4 is 0 Å². The van der Waals surface area contributed by atoms with Gasteiger partial charge in [-0.1, -0.05) is 26.7 Å². The molecule has 76 valence electrons. The third kappa shape index (κ3) is 2.04. The first-order valence-electron chi connectivity index (χ1n) is 5.46. The molecule has 0 aromatic carbocycles. The number of aliphatic imine (C=N–C) groups is 1. The Balaban J connectivity index is 2.55. The summed E-state index contributed by atoms with van der Waals surface area (Å²) in [7, 11) is 0. The molecule has 0 atom stereocenters. The van der Waals surface area contributed by atoms with Crippen molar-refractivity contribution in [3.05, 3.63) is 0 Å². The molecule has 0 aliphatic carbocycles. The second-order valence-electron chi connectivity index (χ2n) is 3.83. The Labute approximate surface area is 81.4 Å². The molecule has 0 bridgehead atoms. The van der Waals surface area contributed by atoms with E-state index in [4.69, 9.17) is 4.74 Å². The largest absolute Gasteiger partial charge is 0.481 e. The van der Waals surface area contributed by atoms with Gasteiger partial charge in [0.15, 0.2) is 5.90 Å². The highest BCUT2D eigenvalue weighted by Crippen LogP contribution is 2.38. The molecule has 0 spiro atoms. The van der Waals surface area contributed by atoms with Crippen LogP contribution in [0.2, 0.25) is 0 Å². The van der Waals surface area contributed by atoms with Crippen LogP contribution in [-0.2, 0) is 4.74 Å². The van der Waals surface area contributed by atoms with Crippen LogP contribution in [0.25, 0.3) is 0 Å². The van der Waals surface area contributed by atoms with Gasteiger partial charge in [0.2, 0.25) is 0 Å². The second kappa shape index (κ2) is 4.64. The predicted octanol–water partition coefficient (Wildman–Crippen LogP) is 3.02. The van der Waals surface area contributed by atoms with Crippen molar-refractivity contribution < 1.29 is 4.74 Å². The third-order valence-electron chi connectivity index (χ3n) is 2.72. The minimum absolute atomic E-state index is 0.319. The van der Waals surface area contributed by atoms with Gasteiger partial charge < -0.3 is 4.74 Å². The van der Waals surface area contributed by atoms with Crippen molar-refractivity contribution in [2.75, 3.05) is 13.2 Å². The highest BCUT2D eigenvalue weighted by Gasteiger charge is 2.41. The van der Waals surface area contributed by atoms with Gasteiger partial charge in [-0.3, -0.25) is 4.99 Å². The highest BCUT2D eigenvalue weighted by molar-refractivity contribution is 5.87. The summed E-state index contributed by atoms with van der Waals surface area (Å²) in [6.07, 6.45) is 4.93. The fraction of sp³-hybridized carbons (Fsp3) is 0.909. The van der Waals surface area contributed by atoms with Crippen molar-refractivity contribution >= 4 is 5.90 Å². The van der Waals surface area contributed by atoms with Gasteiger partial charge in [-0.2, -0.15) is 0 Å². The van der Waals surface area contributed by atoms with E-state index in [0.717, 1.165) is 19.0 Å². The fourth-order valence-corrected chi connectivity index (χ4v) is 2.16. The molecule has 2 heteroatoms. The molecule has 0 unspecified atom stereocenters. The van der Waals surface area contributed by atoms with Gasteiger partial charge in [-0.25, -0.2) is 0 Å². The molecule has 0 aromatic rings. The number of ether oxygens (including phenoxy) is 1. The fourth-order valence-electron chi connectivity index (χ4n) is 2.16. The van der Waals surface area contributed by atoms with Gasteiger partial charge in [0, 0.05) is 0 Å². The van der Waals surface area contributed by atoms with E-state index in [1.165, 1.54) is 25.7 Å². The van der Waals surface area contributed by atoms with Gasteiger partial charge in [0.25, 0.3) is 0 Å². The Morgan fingerprint density at radius 2 is 1.85 bits per heavy atom. The van der Waals surface area contributed by atoms with Gasteiger partial charge in [0.1, 0.15) is 0 Å². The molecule has 0 saturated carbocycles. The van der Waals surface area contributed by atoms with Crippen molar-refractivity contribution in [3.63, 3.8) is 0 Å². The van der Waals surface area contributed by atoms with Gasteiger partial charge in [0.05, 0.1) is 18.6 Å². The molecule has 0 fully saturated rings. The molecule has 1 rings (SSSR count). The van der Waals surface area contributed by atoms with E-state index in [0.29, 0.717) is 5.41 Å². The van der Waals surface area contributed by atoms with Crippen LogP contribution in [-0.4, -0.2) is 19.0 Å². The number of nitrogens with zero attached hydrogens (tertiary/aromatic N) is 1. The zero-order valence-electron chi connectivity index (χ0n) is 9.10. The highest BCUT2D eigenvalue weighted by atomic mass is 16.5. The first kappa shape index (κ1) is 10.6. The molecule has 0 N–H and O–H groups in total. The summed E-state index contributed by atoms with van der Waals surface area (Å²) in [5.74, 6) is 1.03. The maximum absolute atomic E-state index is 5.55. The van der Waals surface area contributed by atoms with E-state index in [1.54, 1.807) is 0 Å². The normalized spacial score (nSPS) is 19.2. The minimum atomic E-state index is 0.319. The van der Waals surface area contributed by atoms with E-state index in [1.807, 2.05) is 6.92 Å². The molecule has 0 radical (unpaired) electrons. The lowest BCUT2D eigenvalue weighted by atomic mass is 9.75. The van der Waals surface area contributed by atoms with Crippen molar-refractivity contribution in [2.24, 2.45) is 10.4 Å². The zero-order chi connectivity index (χ0) is 9.73. The molecule has 13 heavy (non-hydrogen) atoms. The van der Waals surface area contributed by atoms with Crippen molar-refractivity contribution in [1.29, 1.82) is 0 Å². The lowest BCUT2D eigenvalue weighted by Gasteiger charge is -2.39. The van der Waals surface area contributed by atoms with Gasteiger partial charge >= 0.3 is 0 Å². The summed E-state index contributed by atoms with van der Waals surface area (Å²) < 4.78 is 5.55. The molecular formula is C11H21NO. The lowest BCUT2D eigenvalue weighted by Crippen LogP contribution is -2.43. The van der Waals surface area contributed by atoms with Crippen LogP contribution in [0.3, 0.4) is 0 Å². The zero-order valence-corrected chi connectivity index (χ0v) is 9.10. The van der Waals surface area contributed by atoms with Crippen LogP contribution in [0.1, 0.15) is 46.5 Å². The maximum Gasteiger partial charge on any atom is 0.191 e. The van der Waals surface area contributed by atoms with Crippen molar-refractivity contribution in [3.8, 4) is 0 Å². The van der Waals surface area contributed by atoms with Gasteiger partial charge in [-0.15, -0.1) is 0 Å². The molecule has 1 aliphatic rings. The molecule has 1 heterocycles. The Morgan fingerprint density at radius 3 is 2.15 bits per heavy atom. The first-order valence-corrected chi connectivity index (χ1v) is 5.46. The van der Waals surface area contributed by atoms with Crippen LogP contribution in [0, 0.1) is 5.41 Å². The number of hydrogen-bond acceptors (Lipinski definition) is 2. The van der Waals surface area contributed by atoms with E-state index in [2.05, 4.69) is 18.8 Å². The van der Waals surface area contributed by atoms with E-state index >= 15 is 0 Å². The summed E-state index contributed by atoms with van der Waals surface area (Å²) in [4.78, 5) is 4.34. The quantitative estimate of drug-likeness (QED) is 0.642. The third-order valence-corrected chi connectivity index (χ3v) is 2.72. The first-order chi connectivity index (χ1) is 6.29. The van der Waals surface area contributed by atoms with Crippen molar-refractivity contribution in [1.82, 2.24) is 0 Å². The number of rotatable bonds is 5. The number of hydrogen-bond donors (Lipinski definition) is 0. The molecular weight excluding hydrogens is 162 g/mol. The average Bonchev–Trinajstić information content (AvgIpc) is 2.12. The molecule has 0 amide bonds. The topological polar surface area (TPSA) is 21.6 Å². The standard InChI is InChI=1S/C11H21NO/c1-4-7-11(8-5-2)9-12-10(11)13-6-3/h4-9H2,1-3H3. The maximum atomic E-state index is 5.55. The smallest absolute Gasteiger partial charge is 0.191 e. The molecule has 0 aromatic heterocycles. The van der Waals surface area contributed by atoms with E-state index < -0.39 is 0 Å². The molecule has 2 nitrogen and oxygen atoms in total. The van der Waals surface area contributed by atoms with Crippen LogP contribution in [0.15, 0.2) is 4.99 Å². The Morgan fingerprint density at radius 1 is 1.23 bits per heavy atom. The van der Waals surface area contributed by atoms with Gasteiger partial charge in [-0.05, 0) is 19.8 Å². The monoisotopic (exact) mass is 183 g/mol. The Kier molecular flexibility index (Phi) is 3.76. The average molecular weight is 183 g/mol. The summed E-state index contributed by atoms with van der Waals surface area (Å²) >= 11 is 0. The lowest BCUT2D eigenvalue weighted by molar-refractivity contribution is 0.201. The Bertz CT molecular complexity index is 181. The summed E-state index contributed by atoms with van der Waals surface area (Å²) in [6.45, 7) is 8.25. The second-order valence-corrected chi connectivity index (χ2v) is 3.83. The SMILES string of the molecule is CCCC1(CCC)CN=C1OCC. The minimum Gasteiger partial charge on any atom is -0.481 e. The van der Waals surface area contributed by atoms with Crippen molar-refractivity contribution in [2.45, 2.75) is 46.5 Å². The van der Waals surface area contributed by atoms with E-state index in [-0.39, 0.29) is 0 Å². The summed E-state index contributed by atoms with van der Waals surface area (Å²) in [5.41, 5.74) is 0.319. The Hall–Kier alpha value is -0.530.